The smallest absolute Gasteiger partial charge is 0.410 e. The highest BCUT2D eigenvalue weighted by Crippen LogP contribution is 2.27. The first-order valence-corrected chi connectivity index (χ1v) is 9.26. The van der Waals surface area contributed by atoms with Crippen molar-refractivity contribution in [3.05, 3.63) is 0 Å². The van der Waals surface area contributed by atoms with E-state index in [0.717, 1.165) is 6.26 Å². The summed E-state index contributed by atoms with van der Waals surface area (Å²) in [5.41, 5.74) is -0.616. The Kier molecular flexibility index (Phi) is 6.90. The number of carbonyl (C=O) groups excluding carboxylic acids is 1. The number of rotatable bonds is 5. The van der Waals surface area contributed by atoms with Crippen LogP contribution >= 0.6 is 0 Å². The summed E-state index contributed by atoms with van der Waals surface area (Å²) in [6.45, 7) is 14.1. The molecule has 0 rings (SSSR count). The monoisotopic (exact) mass is 336 g/mol. The van der Waals surface area contributed by atoms with E-state index in [0.29, 0.717) is 6.54 Å². The van der Waals surface area contributed by atoms with E-state index in [1.165, 1.54) is 16.3 Å². The van der Waals surface area contributed by atoms with Crippen molar-refractivity contribution >= 4 is 16.1 Å². The zero-order valence-electron chi connectivity index (χ0n) is 15.4. The van der Waals surface area contributed by atoms with E-state index in [1.54, 1.807) is 20.8 Å². The predicted octanol–water partition coefficient (Wildman–Crippen LogP) is 2.75. The average molecular weight is 336 g/mol. The molecular formula is C15H32N2O4S. The van der Waals surface area contributed by atoms with E-state index in [2.05, 4.69) is 20.8 Å². The fraction of sp³-hybridized carbons (Fsp3) is 0.933. The van der Waals surface area contributed by atoms with E-state index in [9.17, 15) is 13.2 Å². The molecule has 1 unspecified atom stereocenters. The van der Waals surface area contributed by atoms with Gasteiger partial charge in [0.2, 0.25) is 10.0 Å². The lowest BCUT2D eigenvalue weighted by molar-refractivity contribution is 0.0721. The predicted molar refractivity (Wildman–Crippen MR) is 89.0 cm³/mol. The molecule has 6 nitrogen and oxygen atoms in total. The van der Waals surface area contributed by atoms with E-state index < -0.39 is 21.7 Å². The fourth-order valence-corrected chi connectivity index (χ4v) is 3.24. The molecule has 0 aliphatic carbocycles. The summed E-state index contributed by atoms with van der Waals surface area (Å²) in [4.78, 5) is 13.5. The maximum Gasteiger partial charge on any atom is 0.410 e. The molecule has 1 atom stereocenters. The molecule has 0 aromatic carbocycles. The first-order chi connectivity index (χ1) is 9.60. The first kappa shape index (κ1) is 21.2. The summed E-state index contributed by atoms with van der Waals surface area (Å²) >= 11 is 0. The number of hydrogen-bond acceptors (Lipinski definition) is 4. The second kappa shape index (κ2) is 7.17. The molecule has 0 bridgehead atoms. The lowest BCUT2D eigenvalue weighted by Gasteiger charge is -2.39. The topological polar surface area (TPSA) is 66.9 Å². The SMILES string of the molecule is COC(=O)N(CC(C)C(C)(C)C)CN(C(C)(C)C)S(C)(=O)=O. The number of methoxy groups -OCH3 is 1. The number of ether oxygens (including phenoxy) is 1. The zero-order chi connectivity index (χ0) is 17.9. The number of nitrogens with zero attached hydrogens (tertiary/aromatic N) is 2. The van der Waals surface area contributed by atoms with Crippen LogP contribution in [0.5, 0.6) is 0 Å². The largest absolute Gasteiger partial charge is 0.453 e. The van der Waals surface area contributed by atoms with Crippen molar-refractivity contribution in [2.45, 2.75) is 54.0 Å². The van der Waals surface area contributed by atoms with Crippen molar-refractivity contribution in [1.82, 2.24) is 9.21 Å². The molecule has 0 N–H and O–H groups in total. The summed E-state index contributed by atoms with van der Waals surface area (Å²) < 4.78 is 30.2. The third-order valence-electron chi connectivity index (χ3n) is 3.85. The van der Waals surface area contributed by atoms with Crippen LogP contribution < -0.4 is 0 Å². The van der Waals surface area contributed by atoms with E-state index in [4.69, 9.17) is 4.74 Å². The quantitative estimate of drug-likeness (QED) is 0.724. The van der Waals surface area contributed by atoms with Crippen LogP contribution in [0.25, 0.3) is 0 Å². The minimum absolute atomic E-state index is 0.00389. The second-order valence-electron chi connectivity index (χ2n) is 7.88. The highest BCUT2D eigenvalue weighted by Gasteiger charge is 2.34. The van der Waals surface area contributed by atoms with Crippen LogP contribution in [0.1, 0.15) is 48.5 Å². The summed E-state index contributed by atoms with van der Waals surface area (Å²) in [6, 6.07) is 0. The Hall–Kier alpha value is -0.820. The van der Waals surface area contributed by atoms with Crippen molar-refractivity contribution in [3.8, 4) is 0 Å². The van der Waals surface area contributed by atoms with Gasteiger partial charge in [0, 0.05) is 12.1 Å². The number of carbonyl (C=O) groups is 1. The molecule has 0 saturated heterocycles. The molecule has 0 aliphatic rings. The molecule has 0 fully saturated rings. The lowest BCUT2D eigenvalue weighted by Crippen LogP contribution is -2.53. The van der Waals surface area contributed by atoms with Gasteiger partial charge in [-0.2, -0.15) is 4.31 Å². The second-order valence-corrected chi connectivity index (χ2v) is 9.79. The van der Waals surface area contributed by atoms with E-state index in [-0.39, 0.29) is 18.0 Å². The molecule has 0 aromatic heterocycles. The third kappa shape index (κ3) is 6.52. The van der Waals surface area contributed by atoms with Gasteiger partial charge in [0.25, 0.3) is 0 Å². The Bertz CT molecular complexity index is 475. The van der Waals surface area contributed by atoms with E-state index in [1.807, 2.05) is 6.92 Å². The number of hydrogen-bond donors (Lipinski definition) is 0. The van der Waals surface area contributed by atoms with Crippen LogP contribution in [-0.4, -0.2) is 55.8 Å². The molecule has 0 spiro atoms. The summed E-state index contributed by atoms with van der Waals surface area (Å²) in [7, 11) is -2.14. The van der Waals surface area contributed by atoms with Crippen LogP contribution in [0, 0.1) is 11.3 Å². The highest BCUT2D eigenvalue weighted by atomic mass is 32.2. The normalized spacial score (nSPS) is 14.8. The van der Waals surface area contributed by atoms with Crippen molar-refractivity contribution in [2.75, 3.05) is 26.6 Å². The number of sulfonamides is 1. The molecule has 0 heterocycles. The zero-order valence-corrected chi connectivity index (χ0v) is 16.2. The van der Waals surface area contributed by atoms with Crippen molar-refractivity contribution in [3.63, 3.8) is 0 Å². The van der Waals surface area contributed by atoms with Gasteiger partial charge in [0.05, 0.1) is 20.0 Å². The van der Waals surface area contributed by atoms with Crippen LogP contribution in [0.3, 0.4) is 0 Å². The van der Waals surface area contributed by atoms with Crippen LogP contribution in [0.4, 0.5) is 4.79 Å². The van der Waals surface area contributed by atoms with Gasteiger partial charge in [0.1, 0.15) is 0 Å². The highest BCUT2D eigenvalue weighted by molar-refractivity contribution is 7.88. The van der Waals surface area contributed by atoms with Crippen molar-refractivity contribution in [2.24, 2.45) is 11.3 Å². The summed E-state index contributed by atoms with van der Waals surface area (Å²) in [6.07, 6.45) is 0.634. The Balaban J connectivity index is 5.42. The molecule has 0 saturated carbocycles. The molecule has 22 heavy (non-hydrogen) atoms. The molecule has 132 valence electrons. The van der Waals surface area contributed by atoms with Crippen LogP contribution in [0.2, 0.25) is 0 Å². The van der Waals surface area contributed by atoms with Gasteiger partial charge in [-0.25, -0.2) is 13.2 Å². The molecular weight excluding hydrogens is 304 g/mol. The molecule has 0 aromatic rings. The molecule has 0 radical (unpaired) electrons. The van der Waals surface area contributed by atoms with Gasteiger partial charge in [-0.15, -0.1) is 0 Å². The van der Waals surface area contributed by atoms with Crippen molar-refractivity contribution in [1.29, 1.82) is 0 Å². The first-order valence-electron chi connectivity index (χ1n) is 7.41. The Labute approximate surface area is 135 Å². The van der Waals surface area contributed by atoms with Crippen LogP contribution in [-0.2, 0) is 14.8 Å². The minimum Gasteiger partial charge on any atom is -0.453 e. The van der Waals surface area contributed by atoms with Gasteiger partial charge in [-0.3, -0.25) is 4.90 Å². The molecule has 7 heteroatoms. The van der Waals surface area contributed by atoms with Gasteiger partial charge >= 0.3 is 6.09 Å². The fourth-order valence-electron chi connectivity index (χ4n) is 1.89. The molecule has 0 aliphatic heterocycles. The van der Waals surface area contributed by atoms with Gasteiger partial charge < -0.3 is 4.74 Å². The Morgan fingerprint density at radius 3 is 1.86 bits per heavy atom. The maximum atomic E-state index is 12.1. The Morgan fingerprint density at radius 2 is 1.59 bits per heavy atom. The Morgan fingerprint density at radius 1 is 1.14 bits per heavy atom. The lowest BCUT2D eigenvalue weighted by atomic mass is 9.82. The van der Waals surface area contributed by atoms with Crippen LogP contribution in [0.15, 0.2) is 0 Å². The van der Waals surface area contributed by atoms with Gasteiger partial charge in [-0.05, 0) is 32.1 Å². The van der Waals surface area contributed by atoms with E-state index >= 15 is 0 Å². The third-order valence-corrected chi connectivity index (χ3v) is 5.32. The summed E-state index contributed by atoms with van der Waals surface area (Å²) in [5.74, 6) is 0.188. The summed E-state index contributed by atoms with van der Waals surface area (Å²) in [5, 5.41) is 0. The van der Waals surface area contributed by atoms with Crippen molar-refractivity contribution < 1.29 is 17.9 Å². The number of amides is 1. The maximum absolute atomic E-state index is 12.1. The van der Waals surface area contributed by atoms with Gasteiger partial charge in [0.15, 0.2) is 0 Å². The molecule has 1 amide bonds. The minimum atomic E-state index is -3.45. The van der Waals surface area contributed by atoms with Gasteiger partial charge in [-0.1, -0.05) is 27.7 Å². The average Bonchev–Trinajstić information content (AvgIpc) is 2.28. The standard InChI is InChI=1S/C15H32N2O4S/c1-12(14(2,3)4)10-16(13(18)21-8)11-17(15(5,6)7)22(9,19)20/h12H,10-11H2,1-9H3.